The number of phenolic OH excluding ortho intramolecular Hbond substituents is 2. The van der Waals surface area contributed by atoms with Crippen LogP contribution in [0.15, 0.2) is 11.8 Å². The number of allylic oxidation sites excluding steroid dienone is 2. The Morgan fingerprint density at radius 2 is 1.85 bits per heavy atom. The molecule has 8 nitrogen and oxygen atoms in total. The lowest BCUT2D eigenvalue weighted by Gasteiger charge is -2.39. The first kappa shape index (κ1) is 19.3. The van der Waals surface area contributed by atoms with Gasteiger partial charge < -0.3 is 30.8 Å². The number of aliphatic hydroxyl groups is 3. The number of hydrogen-bond acceptors (Lipinski definition) is 8. The highest BCUT2D eigenvalue weighted by atomic mass is 16.4. The van der Waals surface area contributed by atoms with Crippen molar-refractivity contribution in [1.82, 2.24) is 5.32 Å². The van der Waals surface area contributed by atoms with Crippen molar-refractivity contribution in [3.63, 3.8) is 0 Å². The lowest BCUT2D eigenvalue weighted by atomic mass is 9.73. The van der Waals surface area contributed by atoms with Crippen LogP contribution in [0.1, 0.15) is 64.6 Å². The minimum atomic E-state index is -1.79. The van der Waals surface area contributed by atoms with E-state index in [1.807, 2.05) is 6.92 Å². The van der Waals surface area contributed by atoms with Gasteiger partial charge in [0.05, 0.1) is 22.4 Å². The Bertz CT molecular complexity index is 856. The highest BCUT2D eigenvalue weighted by molar-refractivity contribution is 6.26. The third-order valence-electron chi connectivity index (χ3n) is 5.20. The normalized spacial score (nSPS) is 27.1. The molecule has 0 heterocycles. The van der Waals surface area contributed by atoms with Crippen LogP contribution in [0.5, 0.6) is 11.5 Å². The van der Waals surface area contributed by atoms with Gasteiger partial charge in [-0.2, -0.15) is 0 Å². The van der Waals surface area contributed by atoms with Gasteiger partial charge in [0.2, 0.25) is 5.78 Å². The number of fused-ring (bicyclic) bond motifs is 2. The quantitative estimate of drug-likeness (QED) is 0.327. The molecule has 3 atom stereocenters. The fourth-order valence-electron chi connectivity index (χ4n) is 3.65. The fourth-order valence-corrected chi connectivity index (χ4v) is 3.65. The van der Waals surface area contributed by atoms with Crippen molar-refractivity contribution in [2.45, 2.75) is 50.9 Å². The monoisotopic (exact) mass is 377 g/mol. The van der Waals surface area contributed by atoms with Crippen LogP contribution in [0.2, 0.25) is 0 Å². The number of aliphatic hydroxyl groups excluding tert-OH is 2. The maximum atomic E-state index is 12.8. The number of carbonyl (C=O) groups is 2. The van der Waals surface area contributed by atoms with Crippen molar-refractivity contribution in [3.05, 3.63) is 34.0 Å². The van der Waals surface area contributed by atoms with Crippen LogP contribution < -0.4 is 5.32 Å². The van der Waals surface area contributed by atoms with Gasteiger partial charge in [-0.3, -0.25) is 9.59 Å². The summed E-state index contributed by atoms with van der Waals surface area (Å²) in [4.78, 5) is 25.3. The number of nitrogens with one attached hydrogen (secondary N) is 1. The van der Waals surface area contributed by atoms with E-state index >= 15 is 0 Å². The zero-order valence-corrected chi connectivity index (χ0v) is 15.1. The van der Waals surface area contributed by atoms with Gasteiger partial charge in [0.1, 0.15) is 23.7 Å². The molecule has 1 aromatic rings. The van der Waals surface area contributed by atoms with Crippen LogP contribution in [0.25, 0.3) is 0 Å². The van der Waals surface area contributed by atoms with Crippen LogP contribution in [-0.4, -0.2) is 55.3 Å². The molecule has 0 bridgehead atoms. The molecular formula is C19H23NO7. The average Bonchev–Trinajstić information content (AvgIpc) is 2.60. The van der Waals surface area contributed by atoms with E-state index in [-0.39, 0.29) is 28.8 Å². The van der Waals surface area contributed by atoms with Crippen LogP contribution in [0.3, 0.4) is 0 Å². The molecule has 8 heteroatoms. The number of hydrogen-bond donors (Lipinski definition) is 6. The van der Waals surface area contributed by atoms with Crippen molar-refractivity contribution >= 4 is 11.6 Å². The number of Topliss-reactive ketones (excluding diaryl/α,β-unsaturated/α-hetero) is 1. The van der Waals surface area contributed by atoms with E-state index in [0.29, 0.717) is 6.54 Å². The SMILES string of the molecule is CCCCNC1=CC(=O)c2c(O)c3c(c(O)c2C1=O)CC(C)(O)C(O)C3O. The molecular weight excluding hydrogens is 354 g/mol. The van der Waals surface area contributed by atoms with Gasteiger partial charge in [-0.15, -0.1) is 0 Å². The summed E-state index contributed by atoms with van der Waals surface area (Å²) in [5.74, 6) is -2.60. The second-order valence-corrected chi connectivity index (χ2v) is 7.29. The van der Waals surface area contributed by atoms with Gasteiger partial charge in [-0.1, -0.05) is 13.3 Å². The van der Waals surface area contributed by atoms with Crippen molar-refractivity contribution in [3.8, 4) is 11.5 Å². The molecule has 1 aromatic carbocycles. The van der Waals surface area contributed by atoms with E-state index in [2.05, 4.69) is 5.32 Å². The summed E-state index contributed by atoms with van der Waals surface area (Å²) in [5, 5.41) is 54.8. The van der Waals surface area contributed by atoms with Crippen LogP contribution in [-0.2, 0) is 6.42 Å². The number of benzene rings is 1. The van der Waals surface area contributed by atoms with Gasteiger partial charge in [0.15, 0.2) is 5.78 Å². The molecule has 146 valence electrons. The summed E-state index contributed by atoms with van der Waals surface area (Å²) in [6, 6.07) is 0. The van der Waals surface area contributed by atoms with E-state index in [1.54, 1.807) is 0 Å². The molecule has 0 amide bonds. The average molecular weight is 377 g/mol. The summed E-state index contributed by atoms with van der Waals surface area (Å²) in [5.41, 5.74) is -2.86. The summed E-state index contributed by atoms with van der Waals surface area (Å²) >= 11 is 0. The highest BCUT2D eigenvalue weighted by Gasteiger charge is 2.47. The van der Waals surface area contributed by atoms with Crippen molar-refractivity contribution in [2.75, 3.05) is 6.54 Å². The summed E-state index contributed by atoms with van der Waals surface area (Å²) in [7, 11) is 0. The van der Waals surface area contributed by atoms with E-state index in [4.69, 9.17) is 0 Å². The Hall–Kier alpha value is -2.42. The number of phenols is 2. The molecule has 0 aromatic heterocycles. The smallest absolute Gasteiger partial charge is 0.213 e. The van der Waals surface area contributed by atoms with Crippen LogP contribution in [0.4, 0.5) is 0 Å². The molecule has 0 radical (unpaired) electrons. The topological polar surface area (TPSA) is 147 Å². The minimum absolute atomic E-state index is 0.0127. The molecule has 6 N–H and O–H groups in total. The van der Waals surface area contributed by atoms with Crippen molar-refractivity contribution < 1.29 is 35.1 Å². The third kappa shape index (κ3) is 2.90. The first-order chi connectivity index (χ1) is 12.6. The van der Waals surface area contributed by atoms with Gasteiger partial charge in [0.25, 0.3) is 0 Å². The Morgan fingerprint density at radius 1 is 1.19 bits per heavy atom. The number of unbranched alkanes of at least 4 members (excludes halogenated alkanes) is 1. The Balaban J connectivity index is 2.17. The minimum Gasteiger partial charge on any atom is -0.507 e. The molecule has 27 heavy (non-hydrogen) atoms. The number of rotatable bonds is 4. The largest absolute Gasteiger partial charge is 0.507 e. The van der Waals surface area contributed by atoms with Crippen LogP contribution in [0, 0.1) is 0 Å². The van der Waals surface area contributed by atoms with Gasteiger partial charge >= 0.3 is 0 Å². The molecule has 0 saturated carbocycles. The molecule has 2 aliphatic carbocycles. The maximum Gasteiger partial charge on any atom is 0.213 e. The standard InChI is InChI=1S/C19H23NO7/c1-3-4-5-20-9-6-10(21)12-13(15(9)23)14(22)8-7-19(2,27)18(26)17(25)11(8)16(12)24/h6,17-18,20,22,24-27H,3-5,7H2,1-2H3. The van der Waals surface area contributed by atoms with Gasteiger partial charge in [0, 0.05) is 30.2 Å². The van der Waals surface area contributed by atoms with E-state index < -0.39 is 46.4 Å². The highest BCUT2D eigenvalue weighted by Crippen LogP contribution is 2.49. The van der Waals surface area contributed by atoms with Gasteiger partial charge in [-0.25, -0.2) is 0 Å². The summed E-state index contributed by atoms with van der Waals surface area (Å²) in [6.07, 6.45) is -0.959. The third-order valence-corrected chi connectivity index (χ3v) is 5.20. The Morgan fingerprint density at radius 3 is 2.48 bits per heavy atom. The number of ketones is 2. The van der Waals surface area contributed by atoms with E-state index in [1.165, 1.54) is 6.92 Å². The zero-order valence-electron chi connectivity index (χ0n) is 15.1. The van der Waals surface area contributed by atoms with E-state index in [9.17, 15) is 35.1 Å². The summed E-state index contributed by atoms with van der Waals surface area (Å²) < 4.78 is 0. The predicted octanol–water partition coefficient (Wildman–Crippen LogP) is 0.452. The van der Waals surface area contributed by atoms with Crippen molar-refractivity contribution in [1.29, 1.82) is 0 Å². The Kier molecular flexibility index (Phi) is 4.75. The lowest BCUT2D eigenvalue weighted by Crippen LogP contribution is -2.48. The second-order valence-electron chi connectivity index (χ2n) is 7.29. The number of aromatic hydroxyl groups is 2. The molecule has 0 aliphatic heterocycles. The van der Waals surface area contributed by atoms with Crippen molar-refractivity contribution in [2.24, 2.45) is 0 Å². The summed E-state index contributed by atoms with van der Waals surface area (Å²) in [6.45, 7) is 3.71. The van der Waals surface area contributed by atoms with Crippen LogP contribution >= 0.6 is 0 Å². The lowest BCUT2D eigenvalue weighted by molar-refractivity contribution is -0.126. The molecule has 0 spiro atoms. The molecule has 3 rings (SSSR count). The molecule has 2 aliphatic rings. The zero-order chi connectivity index (χ0) is 20.1. The first-order valence-corrected chi connectivity index (χ1v) is 8.85. The Labute approximate surface area is 155 Å². The molecule has 0 saturated heterocycles. The predicted molar refractivity (Wildman–Crippen MR) is 94.7 cm³/mol. The second kappa shape index (κ2) is 6.63. The van der Waals surface area contributed by atoms with E-state index in [0.717, 1.165) is 18.9 Å². The van der Waals surface area contributed by atoms with Gasteiger partial charge in [-0.05, 0) is 13.3 Å². The molecule has 3 unspecified atom stereocenters. The molecule has 0 fully saturated rings. The maximum absolute atomic E-state index is 12.8. The first-order valence-electron chi connectivity index (χ1n) is 8.85. The number of carbonyl (C=O) groups excluding carboxylic acids is 2. The fraction of sp³-hybridized carbons (Fsp3) is 0.474.